The standard InChI is InChI=1S/C16H20ClN3/c1-12-11-20(8-7-19(12)2)16-14(10-17)9-13-5-3-4-6-15(13)18-16/h3-6,9,12H,7-8,10-11H2,1-2H3. The van der Waals surface area contributed by atoms with Crippen LogP contribution in [0.4, 0.5) is 5.82 Å². The Kier molecular flexibility index (Phi) is 3.81. The van der Waals surface area contributed by atoms with Gasteiger partial charge in [0.15, 0.2) is 0 Å². The molecular weight excluding hydrogens is 270 g/mol. The number of hydrogen-bond acceptors (Lipinski definition) is 3. The van der Waals surface area contributed by atoms with Crippen molar-refractivity contribution in [3.05, 3.63) is 35.9 Å². The van der Waals surface area contributed by atoms with Crippen molar-refractivity contribution in [2.45, 2.75) is 18.8 Å². The molecule has 2 heterocycles. The molecule has 1 unspecified atom stereocenters. The van der Waals surface area contributed by atoms with Gasteiger partial charge in [0.2, 0.25) is 0 Å². The Morgan fingerprint density at radius 3 is 2.85 bits per heavy atom. The van der Waals surface area contributed by atoms with Crippen LogP contribution in [0.3, 0.4) is 0 Å². The third-order valence-electron chi connectivity index (χ3n) is 4.18. The lowest BCUT2D eigenvalue weighted by atomic mass is 10.1. The number of likely N-dealkylation sites (N-methyl/N-ethyl adjacent to an activating group) is 1. The summed E-state index contributed by atoms with van der Waals surface area (Å²) in [5, 5.41) is 1.16. The van der Waals surface area contributed by atoms with Gasteiger partial charge in [0.1, 0.15) is 5.82 Å². The first-order valence-corrected chi connectivity index (χ1v) is 7.62. The summed E-state index contributed by atoms with van der Waals surface area (Å²) in [4.78, 5) is 9.61. The number of pyridine rings is 1. The van der Waals surface area contributed by atoms with Crippen LogP contribution in [-0.2, 0) is 5.88 Å². The summed E-state index contributed by atoms with van der Waals surface area (Å²) in [6.07, 6.45) is 0. The number of halogens is 1. The number of nitrogens with zero attached hydrogens (tertiary/aromatic N) is 3. The fourth-order valence-corrected chi connectivity index (χ4v) is 2.96. The molecule has 1 saturated heterocycles. The van der Waals surface area contributed by atoms with E-state index in [1.165, 1.54) is 0 Å². The SMILES string of the molecule is CC1CN(c2nc3ccccc3cc2CCl)CCN1C. The molecule has 3 rings (SSSR count). The van der Waals surface area contributed by atoms with Gasteiger partial charge < -0.3 is 9.80 Å². The Morgan fingerprint density at radius 1 is 1.30 bits per heavy atom. The largest absolute Gasteiger partial charge is 0.353 e. The van der Waals surface area contributed by atoms with E-state index in [1.54, 1.807) is 0 Å². The average Bonchev–Trinajstić information content (AvgIpc) is 2.48. The van der Waals surface area contributed by atoms with Crippen LogP contribution in [-0.4, -0.2) is 42.6 Å². The van der Waals surface area contributed by atoms with Crippen molar-refractivity contribution in [2.24, 2.45) is 0 Å². The first-order chi connectivity index (χ1) is 9.69. The molecule has 1 aromatic heterocycles. The van der Waals surface area contributed by atoms with Crippen LogP contribution in [0.2, 0.25) is 0 Å². The highest BCUT2D eigenvalue weighted by Gasteiger charge is 2.23. The maximum atomic E-state index is 6.14. The Morgan fingerprint density at radius 2 is 2.10 bits per heavy atom. The first kappa shape index (κ1) is 13.7. The van der Waals surface area contributed by atoms with E-state index in [4.69, 9.17) is 16.6 Å². The summed E-state index contributed by atoms with van der Waals surface area (Å²) in [6.45, 7) is 5.34. The normalized spacial score (nSPS) is 20.6. The van der Waals surface area contributed by atoms with Gasteiger partial charge in [0.05, 0.1) is 11.4 Å². The van der Waals surface area contributed by atoms with Gasteiger partial charge in [-0.25, -0.2) is 4.98 Å². The summed E-state index contributed by atoms with van der Waals surface area (Å²) < 4.78 is 0. The zero-order chi connectivity index (χ0) is 14.1. The van der Waals surface area contributed by atoms with E-state index in [9.17, 15) is 0 Å². The van der Waals surface area contributed by atoms with Gasteiger partial charge in [-0.15, -0.1) is 11.6 Å². The Bertz CT molecular complexity index is 614. The summed E-state index contributed by atoms with van der Waals surface area (Å²) in [5.41, 5.74) is 2.17. The summed E-state index contributed by atoms with van der Waals surface area (Å²) in [7, 11) is 2.18. The molecule has 0 amide bonds. The zero-order valence-electron chi connectivity index (χ0n) is 12.0. The summed E-state index contributed by atoms with van der Waals surface area (Å²) >= 11 is 6.14. The first-order valence-electron chi connectivity index (χ1n) is 7.09. The van der Waals surface area contributed by atoms with Crippen LogP contribution in [0.25, 0.3) is 10.9 Å². The molecule has 0 spiro atoms. The van der Waals surface area contributed by atoms with E-state index in [-0.39, 0.29) is 0 Å². The number of anilines is 1. The third kappa shape index (κ3) is 2.48. The van der Waals surface area contributed by atoms with Gasteiger partial charge in [0.25, 0.3) is 0 Å². The molecule has 0 bridgehead atoms. The molecule has 3 nitrogen and oxygen atoms in total. The molecule has 1 fully saturated rings. The minimum Gasteiger partial charge on any atom is -0.353 e. The second-order valence-electron chi connectivity index (χ2n) is 5.57. The minimum atomic E-state index is 0.508. The third-order valence-corrected chi connectivity index (χ3v) is 4.47. The van der Waals surface area contributed by atoms with E-state index in [0.29, 0.717) is 11.9 Å². The number of para-hydroxylation sites is 1. The highest BCUT2D eigenvalue weighted by Crippen LogP contribution is 2.26. The quantitative estimate of drug-likeness (QED) is 0.792. The van der Waals surface area contributed by atoms with E-state index in [1.807, 2.05) is 12.1 Å². The molecule has 2 aromatic rings. The smallest absolute Gasteiger partial charge is 0.133 e. The Hall–Kier alpha value is -1.32. The number of aromatic nitrogens is 1. The second-order valence-corrected chi connectivity index (χ2v) is 5.84. The van der Waals surface area contributed by atoms with Crippen LogP contribution in [0.1, 0.15) is 12.5 Å². The van der Waals surface area contributed by atoms with Crippen molar-refractivity contribution >= 4 is 28.3 Å². The van der Waals surface area contributed by atoms with Gasteiger partial charge in [-0.1, -0.05) is 18.2 Å². The lowest BCUT2D eigenvalue weighted by Crippen LogP contribution is -2.50. The molecule has 1 aromatic carbocycles. The lowest BCUT2D eigenvalue weighted by Gasteiger charge is -2.39. The highest BCUT2D eigenvalue weighted by molar-refractivity contribution is 6.17. The molecule has 0 N–H and O–H groups in total. The fraction of sp³-hybridized carbons (Fsp3) is 0.438. The lowest BCUT2D eigenvalue weighted by molar-refractivity contribution is 0.233. The number of alkyl halides is 1. The molecule has 20 heavy (non-hydrogen) atoms. The average molecular weight is 290 g/mol. The van der Waals surface area contributed by atoms with Crippen molar-refractivity contribution < 1.29 is 0 Å². The van der Waals surface area contributed by atoms with E-state index >= 15 is 0 Å². The van der Waals surface area contributed by atoms with Crippen molar-refractivity contribution in [3.63, 3.8) is 0 Å². The van der Waals surface area contributed by atoms with Crippen molar-refractivity contribution in [2.75, 3.05) is 31.6 Å². The minimum absolute atomic E-state index is 0.508. The van der Waals surface area contributed by atoms with Gasteiger partial charge in [-0.05, 0) is 26.1 Å². The van der Waals surface area contributed by atoms with E-state index in [2.05, 4.69) is 42.0 Å². The van der Waals surface area contributed by atoms with Crippen molar-refractivity contribution in [1.82, 2.24) is 9.88 Å². The molecule has 1 atom stereocenters. The van der Waals surface area contributed by atoms with Gasteiger partial charge in [0, 0.05) is 36.6 Å². The number of hydrogen-bond donors (Lipinski definition) is 0. The van der Waals surface area contributed by atoms with Crippen LogP contribution in [0, 0.1) is 0 Å². The maximum Gasteiger partial charge on any atom is 0.133 e. The molecule has 1 aliphatic rings. The van der Waals surface area contributed by atoms with Gasteiger partial charge >= 0.3 is 0 Å². The molecule has 1 aliphatic heterocycles. The van der Waals surface area contributed by atoms with Crippen LogP contribution in [0.5, 0.6) is 0 Å². The maximum absolute atomic E-state index is 6.14. The molecule has 0 saturated carbocycles. The predicted octanol–water partition coefficient (Wildman–Crippen LogP) is 3.11. The number of piperazine rings is 1. The Balaban J connectivity index is 2.01. The summed E-state index contributed by atoms with van der Waals surface area (Å²) in [5.74, 6) is 1.56. The van der Waals surface area contributed by atoms with Gasteiger partial charge in [-0.3, -0.25) is 0 Å². The van der Waals surface area contributed by atoms with E-state index in [0.717, 1.165) is 41.9 Å². The molecule has 4 heteroatoms. The number of fused-ring (bicyclic) bond motifs is 1. The van der Waals surface area contributed by atoms with Crippen LogP contribution < -0.4 is 4.90 Å². The van der Waals surface area contributed by atoms with Crippen molar-refractivity contribution in [1.29, 1.82) is 0 Å². The van der Waals surface area contributed by atoms with Crippen LogP contribution >= 0.6 is 11.6 Å². The molecule has 106 valence electrons. The molecular formula is C16H20ClN3. The Labute approximate surface area is 125 Å². The predicted molar refractivity (Wildman–Crippen MR) is 85.6 cm³/mol. The topological polar surface area (TPSA) is 19.4 Å². The second kappa shape index (κ2) is 5.58. The van der Waals surface area contributed by atoms with E-state index < -0.39 is 0 Å². The highest BCUT2D eigenvalue weighted by atomic mass is 35.5. The fourth-order valence-electron chi connectivity index (χ4n) is 2.76. The molecule has 0 radical (unpaired) electrons. The number of rotatable bonds is 2. The monoisotopic (exact) mass is 289 g/mol. The van der Waals surface area contributed by atoms with Gasteiger partial charge in [-0.2, -0.15) is 0 Å². The number of benzene rings is 1. The molecule has 0 aliphatic carbocycles. The summed E-state index contributed by atoms with van der Waals surface area (Å²) in [6, 6.07) is 10.9. The van der Waals surface area contributed by atoms with Crippen molar-refractivity contribution in [3.8, 4) is 0 Å². The zero-order valence-corrected chi connectivity index (χ0v) is 12.8. The van der Waals surface area contributed by atoms with Crippen LogP contribution in [0.15, 0.2) is 30.3 Å².